The normalized spacial score (nSPS) is 11.2. The molecule has 0 aliphatic carbocycles. The van der Waals surface area contributed by atoms with Crippen LogP contribution in [0.25, 0.3) is 0 Å². The Bertz CT molecular complexity index is 1000. The fourth-order valence-corrected chi connectivity index (χ4v) is 3.09. The molecule has 2 N–H and O–H groups in total. The standard InChI is InChI=1S/C24H28N4O/c1-16-10-12-18(13-11-16)15-25-22(29)21-14-17(2)26-23(28-21)27-20-9-7-6-8-19(20)24(3,4)5/h6-14H,15H2,1-5H3,(H,25,29)(H,26,27,28). The number of rotatable bonds is 5. The summed E-state index contributed by atoms with van der Waals surface area (Å²) in [4.78, 5) is 21.5. The van der Waals surface area contributed by atoms with Crippen LogP contribution in [0.2, 0.25) is 0 Å². The third kappa shape index (κ3) is 5.41. The van der Waals surface area contributed by atoms with Crippen molar-refractivity contribution < 1.29 is 4.79 Å². The van der Waals surface area contributed by atoms with Crippen molar-refractivity contribution in [3.05, 3.63) is 82.7 Å². The second-order valence-electron chi connectivity index (χ2n) is 8.31. The molecule has 0 radical (unpaired) electrons. The number of anilines is 2. The van der Waals surface area contributed by atoms with Crippen LogP contribution in [0.4, 0.5) is 11.6 Å². The largest absolute Gasteiger partial charge is 0.347 e. The first kappa shape index (κ1) is 20.5. The van der Waals surface area contributed by atoms with Gasteiger partial charge in [-0.25, -0.2) is 9.97 Å². The lowest BCUT2D eigenvalue weighted by molar-refractivity contribution is 0.0945. The monoisotopic (exact) mass is 388 g/mol. The highest BCUT2D eigenvalue weighted by Crippen LogP contribution is 2.30. The lowest BCUT2D eigenvalue weighted by Gasteiger charge is -2.23. The number of aryl methyl sites for hydroxylation is 2. The molecule has 3 aromatic rings. The lowest BCUT2D eigenvalue weighted by atomic mass is 9.86. The summed E-state index contributed by atoms with van der Waals surface area (Å²) >= 11 is 0. The summed E-state index contributed by atoms with van der Waals surface area (Å²) in [6.07, 6.45) is 0. The average molecular weight is 389 g/mol. The highest BCUT2D eigenvalue weighted by atomic mass is 16.1. The molecule has 0 atom stereocenters. The van der Waals surface area contributed by atoms with Crippen LogP contribution < -0.4 is 10.6 Å². The lowest BCUT2D eigenvalue weighted by Crippen LogP contribution is -2.24. The molecule has 1 heterocycles. The Labute approximate surface area is 172 Å². The number of hydrogen-bond donors (Lipinski definition) is 2. The van der Waals surface area contributed by atoms with Crippen molar-refractivity contribution in [2.75, 3.05) is 5.32 Å². The van der Waals surface area contributed by atoms with Gasteiger partial charge in [0.2, 0.25) is 5.95 Å². The summed E-state index contributed by atoms with van der Waals surface area (Å²) in [6.45, 7) is 10.8. The molecule has 0 fully saturated rings. The minimum absolute atomic E-state index is 0.0261. The molecular weight excluding hydrogens is 360 g/mol. The Morgan fingerprint density at radius 1 is 0.966 bits per heavy atom. The predicted molar refractivity (Wildman–Crippen MR) is 118 cm³/mol. The van der Waals surface area contributed by atoms with Gasteiger partial charge in [-0.3, -0.25) is 4.79 Å². The molecule has 150 valence electrons. The number of carbonyl (C=O) groups is 1. The highest BCUT2D eigenvalue weighted by Gasteiger charge is 2.18. The number of amides is 1. The van der Waals surface area contributed by atoms with Gasteiger partial charge in [0.1, 0.15) is 5.69 Å². The van der Waals surface area contributed by atoms with Crippen LogP contribution in [-0.2, 0) is 12.0 Å². The first-order valence-corrected chi connectivity index (χ1v) is 9.78. The second kappa shape index (κ2) is 8.43. The van der Waals surface area contributed by atoms with Crippen molar-refractivity contribution in [2.45, 2.75) is 46.6 Å². The number of para-hydroxylation sites is 1. The highest BCUT2D eigenvalue weighted by molar-refractivity contribution is 5.92. The quantitative estimate of drug-likeness (QED) is 0.641. The molecule has 0 saturated carbocycles. The number of hydrogen-bond acceptors (Lipinski definition) is 4. The van der Waals surface area contributed by atoms with Crippen LogP contribution in [-0.4, -0.2) is 15.9 Å². The van der Waals surface area contributed by atoms with E-state index in [1.165, 1.54) is 5.56 Å². The number of nitrogens with zero attached hydrogens (tertiary/aromatic N) is 2. The van der Waals surface area contributed by atoms with Gasteiger partial charge in [0, 0.05) is 17.9 Å². The predicted octanol–water partition coefficient (Wildman–Crippen LogP) is 5.06. The number of nitrogens with one attached hydrogen (secondary N) is 2. The molecule has 2 aromatic carbocycles. The van der Waals surface area contributed by atoms with Crippen molar-refractivity contribution >= 4 is 17.5 Å². The van der Waals surface area contributed by atoms with Gasteiger partial charge >= 0.3 is 0 Å². The first-order valence-electron chi connectivity index (χ1n) is 9.78. The molecular formula is C24H28N4O. The van der Waals surface area contributed by atoms with Gasteiger partial charge in [-0.2, -0.15) is 0 Å². The third-order valence-electron chi connectivity index (χ3n) is 4.64. The Hall–Kier alpha value is -3.21. The molecule has 0 spiro atoms. The Kier molecular flexibility index (Phi) is 5.97. The van der Waals surface area contributed by atoms with E-state index in [-0.39, 0.29) is 11.3 Å². The first-order chi connectivity index (χ1) is 13.7. The van der Waals surface area contributed by atoms with Crippen LogP contribution >= 0.6 is 0 Å². The molecule has 5 nitrogen and oxygen atoms in total. The summed E-state index contributed by atoms with van der Waals surface area (Å²) < 4.78 is 0. The van der Waals surface area contributed by atoms with E-state index < -0.39 is 0 Å². The Morgan fingerprint density at radius 3 is 2.34 bits per heavy atom. The van der Waals surface area contributed by atoms with E-state index in [2.05, 4.69) is 47.4 Å². The van der Waals surface area contributed by atoms with Gasteiger partial charge in [0.15, 0.2) is 0 Å². The summed E-state index contributed by atoms with van der Waals surface area (Å²) in [7, 11) is 0. The molecule has 1 amide bonds. The summed E-state index contributed by atoms with van der Waals surface area (Å²) in [6, 6.07) is 17.9. The van der Waals surface area contributed by atoms with Crippen molar-refractivity contribution in [1.29, 1.82) is 0 Å². The van der Waals surface area contributed by atoms with Gasteiger partial charge in [0.25, 0.3) is 5.91 Å². The molecule has 3 rings (SSSR count). The molecule has 29 heavy (non-hydrogen) atoms. The van der Waals surface area contributed by atoms with E-state index in [0.717, 1.165) is 22.5 Å². The zero-order chi connectivity index (χ0) is 21.0. The molecule has 0 aliphatic heterocycles. The van der Waals surface area contributed by atoms with E-state index in [1.807, 2.05) is 56.3 Å². The van der Waals surface area contributed by atoms with Crippen molar-refractivity contribution in [2.24, 2.45) is 0 Å². The van der Waals surface area contributed by atoms with Gasteiger partial charge < -0.3 is 10.6 Å². The summed E-state index contributed by atoms with van der Waals surface area (Å²) in [5.74, 6) is 0.199. The molecule has 0 aliphatic rings. The average Bonchev–Trinajstić information content (AvgIpc) is 2.66. The van der Waals surface area contributed by atoms with Crippen LogP contribution in [0, 0.1) is 13.8 Å². The fourth-order valence-electron chi connectivity index (χ4n) is 3.09. The number of carbonyl (C=O) groups excluding carboxylic acids is 1. The number of benzene rings is 2. The van der Waals surface area contributed by atoms with Crippen molar-refractivity contribution in [3.63, 3.8) is 0 Å². The SMILES string of the molecule is Cc1ccc(CNC(=O)c2cc(C)nc(Nc3ccccc3C(C)(C)C)n2)cc1. The number of aromatic nitrogens is 2. The maximum Gasteiger partial charge on any atom is 0.270 e. The van der Waals surface area contributed by atoms with Crippen LogP contribution in [0.5, 0.6) is 0 Å². The van der Waals surface area contributed by atoms with E-state index in [4.69, 9.17) is 0 Å². The minimum atomic E-state index is -0.219. The van der Waals surface area contributed by atoms with Crippen LogP contribution in [0.1, 0.15) is 53.6 Å². The zero-order valence-corrected chi connectivity index (χ0v) is 17.7. The zero-order valence-electron chi connectivity index (χ0n) is 17.7. The Balaban J connectivity index is 1.78. The third-order valence-corrected chi connectivity index (χ3v) is 4.64. The van der Waals surface area contributed by atoms with E-state index >= 15 is 0 Å². The summed E-state index contributed by atoms with van der Waals surface area (Å²) in [5, 5.41) is 6.22. The van der Waals surface area contributed by atoms with Crippen LogP contribution in [0.3, 0.4) is 0 Å². The van der Waals surface area contributed by atoms with Gasteiger partial charge in [0.05, 0.1) is 0 Å². The van der Waals surface area contributed by atoms with Gasteiger partial charge in [-0.05, 0) is 42.5 Å². The molecule has 5 heteroatoms. The molecule has 0 saturated heterocycles. The topological polar surface area (TPSA) is 66.9 Å². The van der Waals surface area contributed by atoms with Gasteiger partial charge in [-0.1, -0.05) is 68.8 Å². The summed E-state index contributed by atoms with van der Waals surface area (Å²) in [5.41, 5.74) is 5.40. The van der Waals surface area contributed by atoms with Crippen molar-refractivity contribution in [3.8, 4) is 0 Å². The molecule has 0 unspecified atom stereocenters. The smallest absolute Gasteiger partial charge is 0.270 e. The van der Waals surface area contributed by atoms with E-state index in [0.29, 0.717) is 18.2 Å². The fraction of sp³-hybridized carbons (Fsp3) is 0.292. The molecule has 1 aromatic heterocycles. The van der Waals surface area contributed by atoms with Crippen LogP contribution in [0.15, 0.2) is 54.6 Å². The molecule has 0 bridgehead atoms. The van der Waals surface area contributed by atoms with Gasteiger partial charge in [-0.15, -0.1) is 0 Å². The Morgan fingerprint density at radius 2 is 1.66 bits per heavy atom. The van der Waals surface area contributed by atoms with E-state index in [1.54, 1.807) is 6.07 Å². The second-order valence-corrected chi connectivity index (χ2v) is 8.31. The van der Waals surface area contributed by atoms with Crippen molar-refractivity contribution in [1.82, 2.24) is 15.3 Å². The minimum Gasteiger partial charge on any atom is -0.347 e. The maximum absolute atomic E-state index is 12.6. The maximum atomic E-state index is 12.6. The van der Waals surface area contributed by atoms with E-state index in [9.17, 15) is 4.79 Å².